The summed E-state index contributed by atoms with van der Waals surface area (Å²) in [5, 5.41) is 0. The van der Waals surface area contributed by atoms with Crippen LogP contribution in [0.2, 0.25) is 0 Å². The van der Waals surface area contributed by atoms with E-state index in [-0.39, 0.29) is 5.91 Å². The molecule has 8 heteroatoms. The number of H-pyrrole nitrogens is 1. The Balaban J connectivity index is 1.44. The highest BCUT2D eigenvalue weighted by molar-refractivity contribution is 5.77. The molecular formula is C18H25N7O. The zero-order valence-electron chi connectivity index (χ0n) is 15.1. The number of nitrogens with zero attached hydrogens (tertiary/aromatic N) is 5. The summed E-state index contributed by atoms with van der Waals surface area (Å²) in [6.45, 7) is 4.38. The first-order valence-corrected chi connectivity index (χ1v) is 9.22. The van der Waals surface area contributed by atoms with E-state index in [4.69, 9.17) is 5.73 Å². The maximum atomic E-state index is 12.5. The Labute approximate surface area is 152 Å². The summed E-state index contributed by atoms with van der Waals surface area (Å²) < 4.78 is 0. The largest absolute Gasteiger partial charge is 0.383 e. The Kier molecular flexibility index (Phi) is 4.48. The van der Waals surface area contributed by atoms with Crippen LogP contribution in [0.3, 0.4) is 0 Å². The molecule has 0 bridgehead atoms. The number of fused-ring (bicyclic) bond motifs is 1. The van der Waals surface area contributed by atoms with Crippen LogP contribution in [0.25, 0.3) is 0 Å². The van der Waals surface area contributed by atoms with Gasteiger partial charge in [-0.3, -0.25) is 4.79 Å². The number of hydrogen-bond donors (Lipinski definition) is 2. The van der Waals surface area contributed by atoms with E-state index >= 15 is 0 Å². The number of aromatic amines is 1. The van der Waals surface area contributed by atoms with Gasteiger partial charge in [0.05, 0.1) is 6.33 Å². The number of aryl methyl sites for hydroxylation is 1. The summed E-state index contributed by atoms with van der Waals surface area (Å²) in [7, 11) is 0. The van der Waals surface area contributed by atoms with Crippen molar-refractivity contribution in [3.8, 4) is 0 Å². The predicted molar refractivity (Wildman–Crippen MR) is 98.5 cm³/mol. The van der Waals surface area contributed by atoms with Crippen LogP contribution >= 0.6 is 0 Å². The summed E-state index contributed by atoms with van der Waals surface area (Å²) in [6.07, 6.45) is 8.60. The Bertz CT molecular complexity index is 776. The van der Waals surface area contributed by atoms with Gasteiger partial charge in [-0.2, -0.15) is 4.98 Å². The van der Waals surface area contributed by atoms with Crippen molar-refractivity contribution in [1.29, 1.82) is 0 Å². The summed E-state index contributed by atoms with van der Waals surface area (Å²) in [4.78, 5) is 32.8. The van der Waals surface area contributed by atoms with Crippen molar-refractivity contribution in [2.45, 2.75) is 38.6 Å². The lowest BCUT2D eigenvalue weighted by molar-refractivity contribution is -0.139. The van der Waals surface area contributed by atoms with Crippen molar-refractivity contribution in [2.75, 3.05) is 30.3 Å². The second kappa shape index (κ2) is 6.93. The molecule has 0 aromatic carbocycles. The maximum Gasteiger partial charge on any atom is 0.227 e. The summed E-state index contributed by atoms with van der Waals surface area (Å²) >= 11 is 0. The molecule has 26 heavy (non-hydrogen) atoms. The van der Waals surface area contributed by atoms with Crippen LogP contribution in [0.15, 0.2) is 18.7 Å². The number of nitrogen functional groups attached to an aromatic ring is 1. The molecule has 8 nitrogen and oxygen atoms in total. The van der Waals surface area contributed by atoms with Gasteiger partial charge < -0.3 is 20.5 Å². The first-order valence-electron chi connectivity index (χ1n) is 9.22. The normalized spacial score (nSPS) is 23.2. The molecule has 3 N–H and O–H groups in total. The maximum absolute atomic E-state index is 12.5. The summed E-state index contributed by atoms with van der Waals surface area (Å²) in [6, 6.07) is 0.304. The van der Waals surface area contributed by atoms with Gasteiger partial charge in [-0.05, 0) is 25.7 Å². The quantitative estimate of drug-likeness (QED) is 0.853. The highest BCUT2D eigenvalue weighted by Crippen LogP contribution is 2.32. The van der Waals surface area contributed by atoms with Gasteiger partial charge in [0.15, 0.2) is 0 Å². The van der Waals surface area contributed by atoms with Gasteiger partial charge in [0.25, 0.3) is 0 Å². The van der Waals surface area contributed by atoms with Crippen molar-refractivity contribution in [1.82, 2.24) is 24.8 Å². The molecule has 2 aromatic rings. The molecule has 138 valence electrons. The molecule has 1 amide bonds. The Morgan fingerprint density at radius 2 is 2.23 bits per heavy atom. The van der Waals surface area contributed by atoms with E-state index in [2.05, 4.69) is 29.7 Å². The summed E-state index contributed by atoms with van der Waals surface area (Å²) in [5.74, 6) is 1.97. The third kappa shape index (κ3) is 3.23. The molecule has 2 atom stereocenters. The number of hydrogen-bond acceptors (Lipinski definition) is 6. The molecule has 4 heterocycles. The number of imidazole rings is 1. The van der Waals surface area contributed by atoms with E-state index < -0.39 is 0 Å². The number of nitrogens with two attached hydrogens (primary N) is 1. The fourth-order valence-corrected chi connectivity index (χ4v) is 4.08. The molecule has 0 radical (unpaired) electrons. The van der Waals surface area contributed by atoms with Crippen molar-refractivity contribution in [3.05, 3.63) is 30.0 Å². The number of carbonyl (C=O) groups excluding carboxylic acids is 1. The fourth-order valence-electron chi connectivity index (χ4n) is 4.08. The average molecular weight is 355 g/mol. The van der Waals surface area contributed by atoms with Gasteiger partial charge in [0.1, 0.15) is 5.82 Å². The zero-order valence-corrected chi connectivity index (χ0v) is 15.1. The van der Waals surface area contributed by atoms with E-state index in [9.17, 15) is 4.79 Å². The minimum absolute atomic E-state index is 0.273. The highest BCUT2D eigenvalue weighted by atomic mass is 16.2. The molecule has 2 aliphatic rings. The average Bonchev–Trinajstić information content (AvgIpc) is 3.16. The minimum Gasteiger partial charge on any atom is -0.383 e. The number of rotatable bonds is 4. The van der Waals surface area contributed by atoms with Crippen molar-refractivity contribution < 1.29 is 4.79 Å². The van der Waals surface area contributed by atoms with Gasteiger partial charge in [-0.1, -0.05) is 0 Å². The van der Waals surface area contributed by atoms with Gasteiger partial charge in [-0.15, -0.1) is 0 Å². The van der Waals surface area contributed by atoms with E-state index in [1.807, 2.05) is 13.1 Å². The zero-order chi connectivity index (χ0) is 18.1. The number of piperidine rings is 2. The lowest BCUT2D eigenvalue weighted by Crippen LogP contribution is -2.56. The lowest BCUT2D eigenvalue weighted by Gasteiger charge is -2.47. The number of carbonyl (C=O) groups is 1. The first kappa shape index (κ1) is 16.8. The van der Waals surface area contributed by atoms with Crippen LogP contribution in [-0.4, -0.2) is 56.4 Å². The second-order valence-corrected chi connectivity index (χ2v) is 7.25. The highest BCUT2D eigenvalue weighted by Gasteiger charge is 2.39. The van der Waals surface area contributed by atoms with Crippen molar-refractivity contribution in [3.63, 3.8) is 0 Å². The molecule has 0 saturated carbocycles. The Morgan fingerprint density at radius 3 is 3.00 bits per heavy atom. The number of aromatic nitrogens is 4. The molecule has 2 aromatic heterocycles. The van der Waals surface area contributed by atoms with E-state index in [0.717, 1.165) is 50.2 Å². The molecule has 2 aliphatic heterocycles. The van der Waals surface area contributed by atoms with Gasteiger partial charge in [-0.25, -0.2) is 9.97 Å². The lowest BCUT2D eigenvalue weighted by atomic mass is 9.83. The van der Waals surface area contributed by atoms with E-state index in [1.165, 1.54) is 0 Å². The summed E-state index contributed by atoms with van der Waals surface area (Å²) in [5.41, 5.74) is 7.92. The van der Waals surface area contributed by atoms with Gasteiger partial charge in [0.2, 0.25) is 11.9 Å². The van der Waals surface area contributed by atoms with E-state index in [0.29, 0.717) is 30.1 Å². The molecule has 0 unspecified atom stereocenters. The fraction of sp³-hybridized carbons (Fsp3) is 0.556. The third-order valence-electron chi connectivity index (χ3n) is 5.60. The molecule has 0 spiro atoms. The molecule has 2 saturated heterocycles. The van der Waals surface area contributed by atoms with E-state index in [1.54, 1.807) is 12.5 Å². The van der Waals surface area contributed by atoms with Crippen LogP contribution < -0.4 is 10.6 Å². The first-order chi connectivity index (χ1) is 12.6. The minimum atomic E-state index is 0.273. The molecule has 4 rings (SSSR count). The third-order valence-corrected chi connectivity index (χ3v) is 5.60. The molecule has 0 aliphatic carbocycles. The van der Waals surface area contributed by atoms with Crippen LogP contribution in [-0.2, 0) is 11.2 Å². The van der Waals surface area contributed by atoms with Crippen LogP contribution in [0.4, 0.5) is 11.8 Å². The van der Waals surface area contributed by atoms with Crippen LogP contribution in [0.1, 0.15) is 30.5 Å². The van der Waals surface area contributed by atoms with Crippen LogP contribution in [0.5, 0.6) is 0 Å². The monoisotopic (exact) mass is 355 g/mol. The number of anilines is 2. The SMILES string of the molecule is Cc1cnc(N2CC[C@@H]3[C@@H](CCC(=O)N3CCc3cnc[nH]3)C2)nc1N. The Morgan fingerprint density at radius 1 is 1.35 bits per heavy atom. The Hall–Kier alpha value is -2.64. The second-order valence-electron chi connectivity index (χ2n) is 7.25. The number of likely N-dealkylation sites (tertiary alicyclic amines) is 1. The standard InChI is InChI=1S/C18H25N7O/c1-12-8-21-18(23-17(12)19)24-6-5-15-13(10-24)2-3-16(26)25(15)7-4-14-9-20-11-22-14/h8-9,11,13,15H,2-7,10H2,1H3,(H,20,22)(H2,19,21,23)/t13-,15+/m0/s1. The molecular weight excluding hydrogens is 330 g/mol. The predicted octanol–water partition coefficient (Wildman–Crippen LogP) is 1.15. The van der Waals surface area contributed by atoms with Gasteiger partial charge >= 0.3 is 0 Å². The number of nitrogens with one attached hydrogen (secondary N) is 1. The van der Waals surface area contributed by atoms with Crippen molar-refractivity contribution in [2.24, 2.45) is 5.92 Å². The number of amides is 1. The molecule has 2 fully saturated rings. The van der Waals surface area contributed by atoms with Gasteiger partial charge in [0, 0.05) is 62.2 Å². The van der Waals surface area contributed by atoms with Crippen molar-refractivity contribution >= 4 is 17.7 Å². The topological polar surface area (TPSA) is 104 Å². The van der Waals surface area contributed by atoms with Crippen LogP contribution in [0, 0.1) is 12.8 Å². The smallest absolute Gasteiger partial charge is 0.227 e.